The Kier molecular flexibility index (Phi) is 52.0. The van der Waals surface area contributed by atoms with Crippen LogP contribution in [0.2, 0.25) is 0 Å². The summed E-state index contributed by atoms with van der Waals surface area (Å²) in [4.78, 5) is 12.5. The molecule has 0 saturated carbocycles. The molecule has 0 rings (SSSR count). The van der Waals surface area contributed by atoms with Crippen molar-refractivity contribution in [3.05, 3.63) is 36.5 Å². The molecule has 63 heavy (non-hydrogen) atoms. The molecule has 0 aromatic carbocycles. The van der Waals surface area contributed by atoms with E-state index in [1.807, 2.05) is 6.08 Å². The highest BCUT2D eigenvalue weighted by Gasteiger charge is 2.20. The van der Waals surface area contributed by atoms with Gasteiger partial charge >= 0.3 is 0 Å². The molecule has 4 N–H and O–H groups in total. The summed E-state index contributed by atoms with van der Waals surface area (Å²) in [5.74, 6) is -0.323. The van der Waals surface area contributed by atoms with E-state index in [-0.39, 0.29) is 18.9 Å². The van der Waals surface area contributed by atoms with Gasteiger partial charge in [0.25, 0.3) is 0 Å². The van der Waals surface area contributed by atoms with Crippen LogP contribution in [0.15, 0.2) is 36.5 Å². The maximum absolute atomic E-state index is 12.5. The molecule has 0 radical (unpaired) electrons. The molecule has 5 heteroatoms. The second-order valence-corrected chi connectivity index (χ2v) is 19.5. The van der Waals surface area contributed by atoms with Gasteiger partial charge in [0.1, 0.15) is 0 Å². The highest BCUT2D eigenvalue weighted by atomic mass is 16.3. The molecular weight excluding hydrogens is 775 g/mol. The van der Waals surface area contributed by atoms with Gasteiger partial charge in [0.15, 0.2) is 0 Å². The van der Waals surface area contributed by atoms with Gasteiger partial charge in [0.2, 0.25) is 5.91 Å². The Morgan fingerprint density at radius 3 is 1.02 bits per heavy atom. The Bertz CT molecular complexity index is 978. The van der Waals surface area contributed by atoms with E-state index < -0.39 is 18.2 Å². The van der Waals surface area contributed by atoms with E-state index in [1.54, 1.807) is 6.08 Å². The molecule has 0 spiro atoms. The van der Waals surface area contributed by atoms with E-state index in [2.05, 4.69) is 43.5 Å². The summed E-state index contributed by atoms with van der Waals surface area (Å²) in [5.41, 5.74) is 0. The summed E-state index contributed by atoms with van der Waals surface area (Å²) in [5, 5.41) is 33.3. The predicted octanol–water partition coefficient (Wildman–Crippen LogP) is 17.4. The normalized spacial score (nSPS) is 13.5. The van der Waals surface area contributed by atoms with Crippen molar-refractivity contribution in [2.24, 2.45) is 0 Å². The van der Waals surface area contributed by atoms with Crippen LogP contribution in [0.5, 0.6) is 0 Å². The fraction of sp³-hybridized carbons (Fsp3) is 0.879. The lowest BCUT2D eigenvalue weighted by Crippen LogP contribution is -2.45. The number of carbonyl (C=O) groups is 1. The van der Waals surface area contributed by atoms with E-state index in [9.17, 15) is 20.1 Å². The number of unbranched alkanes of at least 4 members (excludes halogenated alkanes) is 39. The molecule has 0 aliphatic rings. The maximum atomic E-state index is 12.5. The fourth-order valence-electron chi connectivity index (χ4n) is 8.82. The minimum atomic E-state index is -0.950. The first kappa shape index (κ1) is 61.6. The molecule has 0 saturated heterocycles. The maximum Gasteiger partial charge on any atom is 0.222 e. The molecule has 0 aliphatic carbocycles. The zero-order valence-electron chi connectivity index (χ0n) is 42.5. The monoisotopic (exact) mass is 886 g/mol. The Morgan fingerprint density at radius 1 is 0.397 bits per heavy atom. The third-order valence-electron chi connectivity index (χ3n) is 13.1. The molecular formula is C58H111NO4. The minimum absolute atomic E-state index is 0.00767. The van der Waals surface area contributed by atoms with Gasteiger partial charge in [-0.2, -0.15) is 0 Å². The smallest absolute Gasteiger partial charge is 0.222 e. The number of amides is 1. The van der Waals surface area contributed by atoms with Gasteiger partial charge in [-0.05, 0) is 57.8 Å². The van der Waals surface area contributed by atoms with Gasteiger partial charge in [-0.3, -0.25) is 4.79 Å². The molecule has 0 heterocycles. The van der Waals surface area contributed by atoms with E-state index in [1.165, 1.54) is 244 Å². The Hall–Kier alpha value is -1.43. The molecule has 0 bridgehead atoms. The standard InChI is InChI=1S/C58H111NO4/c1-3-5-7-9-11-13-15-17-18-19-20-21-22-23-24-25-26-27-28-29-30-31-32-33-34-35-36-37-38-40-41-43-45-47-49-51-55(61)53-58(63)59-56(54-60)57(62)52-50-48-46-44-42-39-16-14-12-10-8-6-4-2/h27-28,42,44,50,52,55-57,60-62H,3-26,29-41,43,45-49,51,53-54H2,1-2H3,(H,59,63)/b28-27-,44-42+,52-50+. The molecule has 3 unspecified atom stereocenters. The first-order chi connectivity index (χ1) is 31.0. The van der Waals surface area contributed by atoms with Crippen molar-refractivity contribution in [1.82, 2.24) is 5.32 Å². The van der Waals surface area contributed by atoms with E-state index in [4.69, 9.17) is 0 Å². The van der Waals surface area contributed by atoms with Gasteiger partial charge in [-0.1, -0.05) is 275 Å². The van der Waals surface area contributed by atoms with Gasteiger partial charge in [0.05, 0.1) is 31.3 Å². The van der Waals surface area contributed by atoms with Gasteiger partial charge in [0, 0.05) is 0 Å². The Morgan fingerprint density at radius 2 is 0.683 bits per heavy atom. The van der Waals surface area contributed by atoms with Gasteiger partial charge < -0.3 is 20.6 Å². The number of rotatable bonds is 52. The van der Waals surface area contributed by atoms with Crippen molar-refractivity contribution in [2.45, 2.75) is 321 Å². The predicted molar refractivity (Wildman–Crippen MR) is 278 cm³/mol. The van der Waals surface area contributed by atoms with Crippen molar-refractivity contribution >= 4 is 5.91 Å². The van der Waals surface area contributed by atoms with Crippen LogP contribution in [0.25, 0.3) is 0 Å². The Balaban J connectivity index is 3.48. The summed E-state index contributed by atoms with van der Waals surface area (Å²) < 4.78 is 0. The number of aliphatic hydroxyl groups is 3. The lowest BCUT2D eigenvalue weighted by atomic mass is 10.0. The van der Waals surface area contributed by atoms with Crippen molar-refractivity contribution in [1.29, 1.82) is 0 Å². The third-order valence-corrected chi connectivity index (χ3v) is 13.1. The van der Waals surface area contributed by atoms with Crippen molar-refractivity contribution < 1.29 is 20.1 Å². The zero-order valence-corrected chi connectivity index (χ0v) is 42.5. The highest BCUT2D eigenvalue weighted by Crippen LogP contribution is 2.17. The topological polar surface area (TPSA) is 89.8 Å². The summed E-state index contributed by atoms with van der Waals surface area (Å²) in [6, 6.07) is -0.760. The Labute approximate surface area is 394 Å². The molecule has 5 nitrogen and oxygen atoms in total. The number of hydrogen-bond acceptors (Lipinski definition) is 4. The van der Waals surface area contributed by atoms with Crippen molar-refractivity contribution in [2.75, 3.05) is 6.61 Å². The third kappa shape index (κ3) is 49.8. The molecule has 3 atom stereocenters. The van der Waals surface area contributed by atoms with E-state index in [0.29, 0.717) is 6.42 Å². The second kappa shape index (κ2) is 53.2. The van der Waals surface area contributed by atoms with Crippen molar-refractivity contribution in [3.8, 4) is 0 Å². The van der Waals surface area contributed by atoms with Crippen LogP contribution in [0.4, 0.5) is 0 Å². The fourth-order valence-corrected chi connectivity index (χ4v) is 8.82. The lowest BCUT2D eigenvalue weighted by Gasteiger charge is -2.21. The number of aliphatic hydroxyl groups excluding tert-OH is 3. The summed E-state index contributed by atoms with van der Waals surface area (Å²) in [6.07, 6.45) is 69.3. The average molecular weight is 887 g/mol. The second-order valence-electron chi connectivity index (χ2n) is 19.5. The number of nitrogens with one attached hydrogen (secondary N) is 1. The van der Waals surface area contributed by atoms with Crippen LogP contribution >= 0.6 is 0 Å². The van der Waals surface area contributed by atoms with E-state index in [0.717, 1.165) is 32.1 Å². The van der Waals surface area contributed by atoms with Crippen LogP contribution in [0.3, 0.4) is 0 Å². The minimum Gasteiger partial charge on any atom is -0.394 e. The van der Waals surface area contributed by atoms with Crippen LogP contribution in [-0.4, -0.2) is 46.1 Å². The van der Waals surface area contributed by atoms with Crippen LogP contribution < -0.4 is 5.32 Å². The zero-order chi connectivity index (χ0) is 45.8. The highest BCUT2D eigenvalue weighted by molar-refractivity contribution is 5.76. The van der Waals surface area contributed by atoms with Gasteiger partial charge in [-0.15, -0.1) is 0 Å². The summed E-state index contributed by atoms with van der Waals surface area (Å²) in [6.45, 7) is 4.21. The van der Waals surface area contributed by atoms with Crippen LogP contribution in [0, 0.1) is 0 Å². The SMILES string of the molecule is CCCCCCCCC/C=C/CC/C=C/C(O)C(CO)NC(=O)CC(O)CCCCCCCCCCCCCCCCC/C=C\CCCCCCCCCCCCCCCCCC. The molecule has 0 aromatic heterocycles. The lowest BCUT2D eigenvalue weighted by molar-refractivity contribution is -0.124. The molecule has 0 aromatic rings. The van der Waals surface area contributed by atoms with Crippen LogP contribution in [-0.2, 0) is 4.79 Å². The molecule has 0 aliphatic heterocycles. The summed E-state index contributed by atoms with van der Waals surface area (Å²) >= 11 is 0. The van der Waals surface area contributed by atoms with Gasteiger partial charge in [-0.25, -0.2) is 0 Å². The number of carbonyl (C=O) groups excluding carboxylic acids is 1. The average Bonchev–Trinajstić information content (AvgIpc) is 3.28. The largest absolute Gasteiger partial charge is 0.394 e. The first-order valence-electron chi connectivity index (χ1n) is 28.3. The number of hydrogen-bond donors (Lipinski definition) is 4. The molecule has 1 amide bonds. The summed E-state index contributed by atoms with van der Waals surface area (Å²) in [7, 11) is 0. The molecule has 0 fully saturated rings. The van der Waals surface area contributed by atoms with Crippen molar-refractivity contribution in [3.63, 3.8) is 0 Å². The quantitative estimate of drug-likeness (QED) is 0.0362. The molecule has 372 valence electrons. The first-order valence-corrected chi connectivity index (χ1v) is 28.3. The van der Waals surface area contributed by atoms with E-state index >= 15 is 0 Å². The van der Waals surface area contributed by atoms with Crippen LogP contribution in [0.1, 0.15) is 303 Å². The number of allylic oxidation sites excluding steroid dienone is 5.